The molecule has 9 nitrogen and oxygen atoms in total. The van der Waals surface area contributed by atoms with Crippen molar-refractivity contribution in [1.82, 2.24) is 15.2 Å². The molecular formula is C22H17F2N5O4. The van der Waals surface area contributed by atoms with E-state index in [1.807, 2.05) is 0 Å². The summed E-state index contributed by atoms with van der Waals surface area (Å²) in [5.74, 6) is -5.28. The van der Waals surface area contributed by atoms with Crippen molar-refractivity contribution in [2.24, 2.45) is 0 Å². The number of hydrogen-bond donors (Lipinski definition) is 2. The number of nitrogens with zero attached hydrogens (tertiary/aromatic N) is 3. The zero-order chi connectivity index (χ0) is 23.6. The van der Waals surface area contributed by atoms with Crippen molar-refractivity contribution < 1.29 is 27.6 Å². The number of carbonyl (C=O) groups excluding carboxylic acids is 3. The van der Waals surface area contributed by atoms with Gasteiger partial charge in [-0.15, -0.1) is 0 Å². The van der Waals surface area contributed by atoms with Crippen LogP contribution in [0.15, 0.2) is 53.2 Å². The monoisotopic (exact) mass is 453 g/mol. The molecule has 3 aromatic rings. The molecule has 1 unspecified atom stereocenters. The molecule has 0 bridgehead atoms. The number of fused-ring (bicyclic) bond motifs is 1. The van der Waals surface area contributed by atoms with Gasteiger partial charge in [0.05, 0.1) is 36.6 Å². The Morgan fingerprint density at radius 1 is 1.24 bits per heavy atom. The molecule has 168 valence electrons. The molecule has 1 fully saturated rings. The van der Waals surface area contributed by atoms with Crippen LogP contribution >= 0.6 is 0 Å². The number of amides is 3. The van der Waals surface area contributed by atoms with Gasteiger partial charge in [-0.2, -0.15) is 5.26 Å². The molecule has 33 heavy (non-hydrogen) atoms. The molecule has 0 saturated carbocycles. The van der Waals surface area contributed by atoms with E-state index in [1.54, 1.807) is 36.4 Å². The summed E-state index contributed by atoms with van der Waals surface area (Å²) < 4.78 is 32.6. The number of pyridine rings is 1. The van der Waals surface area contributed by atoms with E-state index in [9.17, 15) is 23.2 Å². The number of nitriles is 1. The Kier molecular flexibility index (Phi) is 5.74. The number of halogens is 2. The van der Waals surface area contributed by atoms with Crippen LogP contribution in [0.4, 0.5) is 14.5 Å². The maximum Gasteiger partial charge on any atom is 0.291 e. The minimum atomic E-state index is -3.15. The van der Waals surface area contributed by atoms with E-state index in [2.05, 4.69) is 15.6 Å². The third kappa shape index (κ3) is 4.64. The molecule has 1 aliphatic rings. The SMILES string of the molecule is N#CC1CC(F)(F)CN1C(=O)CNC(=O)c1ccncc1NC(=O)c1cc2ccccc2o1. The minimum absolute atomic E-state index is 0.00541. The fraction of sp³-hybridized carbons (Fsp3) is 0.227. The lowest BCUT2D eigenvalue weighted by molar-refractivity contribution is -0.131. The lowest BCUT2D eigenvalue weighted by Gasteiger charge is -2.19. The van der Waals surface area contributed by atoms with Crippen molar-refractivity contribution >= 4 is 34.4 Å². The van der Waals surface area contributed by atoms with Gasteiger partial charge in [0.1, 0.15) is 11.6 Å². The summed E-state index contributed by atoms with van der Waals surface area (Å²) in [4.78, 5) is 42.2. The number of para-hydroxylation sites is 1. The molecule has 0 aliphatic carbocycles. The molecular weight excluding hydrogens is 436 g/mol. The summed E-state index contributed by atoms with van der Waals surface area (Å²) >= 11 is 0. The zero-order valence-electron chi connectivity index (χ0n) is 17.0. The van der Waals surface area contributed by atoms with Crippen molar-refractivity contribution in [2.75, 3.05) is 18.4 Å². The Morgan fingerprint density at radius 2 is 2.03 bits per heavy atom. The van der Waals surface area contributed by atoms with Gasteiger partial charge in [-0.3, -0.25) is 19.4 Å². The van der Waals surface area contributed by atoms with Crippen LogP contribution in [-0.2, 0) is 4.79 Å². The van der Waals surface area contributed by atoms with Crippen molar-refractivity contribution in [3.05, 3.63) is 60.1 Å². The third-order valence-electron chi connectivity index (χ3n) is 5.10. The van der Waals surface area contributed by atoms with Crippen LogP contribution in [0.1, 0.15) is 27.3 Å². The number of aromatic nitrogens is 1. The number of likely N-dealkylation sites (tertiary alicyclic amines) is 1. The number of carbonyl (C=O) groups is 3. The highest BCUT2D eigenvalue weighted by Crippen LogP contribution is 2.31. The van der Waals surface area contributed by atoms with Gasteiger partial charge >= 0.3 is 0 Å². The summed E-state index contributed by atoms with van der Waals surface area (Å²) in [5, 5.41) is 14.6. The predicted octanol–water partition coefficient (Wildman–Crippen LogP) is 2.57. The normalized spacial score (nSPS) is 16.9. The second-order valence-electron chi connectivity index (χ2n) is 7.43. The number of alkyl halides is 2. The van der Waals surface area contributed by atoms with Gasteiger partial charge in [-0.05, 0) is 18.2 Å². The highest BCUT2D eigenvalue weighted by atomic mass is 19.3. The molecule has 3 amide bonds. The molecule has 0 radical (unpaired) electrons. The van der Waals surface area contributed by atoms with Crippen LogP contribution in [-0.4, -0.2) is 52.7 Å². The highest BCUT2D eigenvalue weighted by Gasteiger charge is 2.47. The predicted molar refractivity (Wildman–Crippen MR) is 111 cm³/mol. The highest BCUT2D eigenvalue weighted by molar-refractivity contribution is 6.09. The molecule has 3 heterocycles. The zero-order valence-corrected chi connectivity index (χ0v) is 17.0. The second kappa shape index (κ2) is 8.66. The van der Waals surface area contributed by atoms with Gasteiger partial charge in [0.2, 0.25) is 5.91 Å². The maximum absolute atomic E-state index is 13.6. The number of furan rings is 1. The van der Waals surface area contributed by atoms with Crippen LogP contribution < -0.4 is 10.6 Å². The first-order valence-corrected chi connectivity index (χ1v) is 9.86. The smallest absolute Gasteiger partial charge is 0.291 e. The Bertz CT molecular complexity index is 1250. The fourth-order valence-corrected chi connectivity index (χ4v) is 3.52. The van der Waals surface area contributed by atoms with Gasteiger partial charge in [0, 0.05) is 18.0 Å². The Hall–Kier alpha value is -4.33. The first kappa shape index (κ1) is 21.9. The first-order valence-electron chi connectivity index (χ1n) is 9.86. The van der Waals surface area contributed by atoms with Crippen molar-refractivity contribution in [1.29, 1.82) is 5.26 Å². The van der Waals surface area contributed by atoms with Crippen LogP contribution in [0.5, 0.6) is 0 Å². The first-order chi connectivity index (χ1) is 15.8. The molecule has 4 rings (SSSR count). The largest absolute Gasteiger partial charge is 0.451 e. The molecule has 11 heteroatoms. The Morgan fingerprint density at radius 3 is 2.79 bits per heavy atom. The van der Waals surface area contributed by atoms with E-state index >= 15 is 0 Å². The topological polar surface area (TPSA) is 128 Å². The number of anilines is 1. The lowest BCUT2D eigenvalue weighted by atomic mass is 10.2. The van der Waals surface area contributed by atoms with E-state index < -0.39 is 49.2 Å². The standard InChI is InChI=1S/C22H17F2N5O4/c23-22(24)8-14(9-25)29(12-22)19(30)11-27-20(31)15-5-6-26-10-16(15)28-21(32)18-7-13-3-1-2-4-17(13)33-18/h1-7,10,14H,8,11-12H2,(H,27,31)(H,28,32). The van der Waals surface area contributed by atoms with Crippen molar-refractivity contribution in [3.63, 3.8) is 0 Å². The van der Waals surface area contributed by atoms with E-state index in [1.165, 1.54) is 18.5 Å². The Balaban J connectivity index is 1.43. The third-order valence-corrected chi connectivity index (χ3v) is 5.10. The Labute approximate surface area is 186 Å². The molecule has 1 aliphatic heterocycles. The number of benzene rings is 1. The average molecular weight is 453 g/mol. The van der Waals surface area contributed by atoms with Crippen LogP contribution in [0.25, 0.3) is 11.0 Å². The summed E-state index contributed by atoms with van der Waals surface area (Å²) in [6.45, 7) is -1.47. The molecule has 0 spiro atoms. The number of hydrogen-bond acceptors (Lipinski definition) is 6. The van der Waals surface area contributed by atoms with Gasteiger partial charge in [-0.1, -0.05) is 18.2 Å². The van der Waals surface area contributed by atoms with Crippen LogP contribution in [0.3, 0.4) is 0 Å². The van der Waals surface area contributed by atoms with Crippen LogP contribution in [0.2, 0.25) is 0 Å². The summed E-state index contributed by atoms with van der Waals surface area (Å²) in [7, 11) is 0. The maximum atomic E-state index is 13.6. The second-order valence-corrected chi connectivity index (χ2v) is 7.43. The minimum Gasteiger partial charge on any atom is -0.451 e. The molecule has 1 atom stereocenters. The lowest BCUT2D eigenvalue weighted by Crippen LogP contribution is -2.43. The van der Waals surface area contributed by atoms with E-state index in [0.717, 1.165) is 10.3 Å². The van der Waals surface area contributed by atoms with E-state index in [0.29, 0.717) is 5.58 Å². The average Bonchev–Trinajstić information content (AvgIpc) is 3.38. The number of nitrogens with one attached hydrogen (secondary N) is 2. The molecule has 2 aromatic heterocycles. The van der Waals surface area contributed by atoms with Gasteiger partial charge in [-0.25, -0.2) is 8.78 Å². The molecule has 1 aromatic carbocycles. The van der Waals surface area contributed by atoms with Crippen LogP contribution in [0, 0.1) is 11.3 Å². The van der Waals surface area contributed by atoms with Gasteiger partial charge in [0.25, 0.3) is 17.7 Å². The molecule has 1 saturated heterocycles. The summed E-state index contributed by atoms with van der Waals surface area (Å²) in [6.07, 6.45) is 1.83. The van der Waals surface area contributed by atoms with Gasteiger partial charge < -0.3 is 20.0 Å². The van der Waals surface area contributed by atoms with Crippen molar-refractivity contribution in [2.45, 2.75) is 18.4 Å². The van der Waals surface area contributed by atoms with E-state index in [-0.39, 0.29) is 17.0 Å². The number of rotatable bonds is 5. The van der Waals surface area contributed by atoms with E-state index in [4.69, 9.17) is 9.68 Å². The van der Waals surface area contributed by atoms with Crippen molar-refractivity contribution in [3.8, 4) is 6.07 Å². The summed E-state index contributed by atoms with van der Waals surface area (Å²) in [5.41, 5.74) is 0.592. The summed E-state index contributed by atoms with van der Waals surface area (Å²) in [6, 6.07) is 10.3. The quantitative estimate of drug-likeness (QED) is 0.611. The fourth-order valence-electron chi connectivity index (χ4n) is 3.52. The molecule has 2 N–H and O–H groups in total. The van der Waals surface area contributed by atoms with Gasteiger partial charge in [0.15, 0.2) is 5.76 Å².